The van der Waals surface area contributed by atoms with E-state index in [0.717, 1.165) is 47.5 Å². The molecule has 1 atom stereocenters. The van der Waals surface area contributed by atoms with Gasteiger partial charge in [0.1, 0.15) is 0 Å². The lowest BCUT2D eigenvalue weighted by molar-refractivity contribution is 0.0277. The van der Waals surface area contributed by atoms with E-state index in [1.807, 2.05) is 56.3 Å². The van der Waals surface area contributed by atoms with Gasteiger partial charge in [0, 0.05) is 24.2 Å². The van der Waals surface area contributed by atoms with Crippen molar-refractivity contribution in [2.24, 2.45) is 0 Å². The van der Waals surface area contributed by atoms with Crippen LogP contribution in [0.5, 0.6) is 0 Å². The zero-order valence-corrected chi connectivity index (χ0v) is 13.1. The molecule has 1 aliphatic heterocycles. The summed E-state index contributed by atoms with van der Waals surface area (Å²) in [5, 5.41) is 3.32. The molecular weight excluding hydrogens is 274 g/mol. The summed E-state index contributed by atoms with van der Waals surface area (Å²) in [6.07, 6.45) is 0.0816. The van der Waals surface area contributed by atoms with Crippen molar-refractivity contribution in [2.75, 3.05) is 19.7 Å². The van der Waals surface area contributed by atoms with E-state index in [1.165, 1.54) is 0 Å². The average molecular weight is 295 g/mol. The molecule has 2 aromatic carbocycles. The Morgan fingerprint density at radius 2 is 1.77 bits per heavy atom. The van der Waals surface area contributed by atoms with Crippen LogP contribution in [0.4, 0.5) is 0 Å². The SMILES string of the molecule is Cc1cccc(C)c1C(=O)c1ccc(C2CNCCO2)cc1. The molecular formula is C19H21NO2. The van der Waals surface area contributed by atoms with Crippen molar-refractivity contribution in [3.05, 3.63) is 70.3 Å². The minimum atomic E-state index is 0.0816. The second-order valence-electron chi connectivity index (χ2n) is 5.78. The molecule has 0 saturated carbocycles. The lowest BCUT2D eigenvalue weighted by Crippen LogP contribution is -2.33. The topological polar surface area (TPSA) is 38.3 Å². The third kappa shape index (κ3) is 2.96. The van der Waals surface area contributed by atoms with Crippen molar-refractivity contribution in [3.8, 4) is 0 Å². The number of hydrogen-bond acceptors (Lipinski definition) is 3. The van der Waals surface area contributed by atoms with Gasteiger partial charge in [-0.25, -0.2) is 0 Å². The molecule has 3 heteroatoms. The van der Waals surface area contributed by atoms with E-state index in [1.54, 1.807) is 0 Å². The summed E-state index contributed by atoms with van der Waals surface area (Å²) in [7, 11) is 0. The molecule has 3 rings (SSSR count). The summed E-state index contributed by atoms with van der Waals surface area (Å²) in [4.78, 5) is 12.7. The number of carbonyl (C=O) groups excluding carboxylic acids is 1. The lowest BCUT2D eigenvalue weighted by atomic mass is 9.94. The van der Waals surface area contributed by atoms with Gasteiger partial charge in [0.05, 0.1) is 12.7 Å². The zero-order valence-electron chi connectivity index (χ0n) is 13.1. The van der Waals surface area contributed by atoms with Crippen LogP contribution in [0.2, 0.25) is 0 Å². The van der Waals surface area contributed by atoms with E-state index in [0.29, 0.717) is 0 Å². The van der Waals surface area contributed by atoms with Crippen LogP contribution in [-0.4, -0.2) is 25.5 Å². The van der Waals surface area contributed by atoms with Crippen molar-refractivity contribution in [1.29, 1.82) is 0 Å². The Bertz CT molecular complexity index is 650. The first-order valence-electron chi connectivity index (χ1n) is 7.70. The van der Waals surface area contributed by atoms with Crippen LogP contribution in [0, 0.1) is 13.8 Å². The molecule has 1 fully saturated rings. The van der Waals surface area contributed by atoms with Gasteiger partial charge >= 0.3 is 0 Å². The van der Waals surface area contributed by atoms with Gasteiger partial charge in [-0.3, -0.25) is 4.79 Å². The maximum absolute atomic E-state index is 12.7. The Balaban J connectivity index is 1.84. The molecule has 0 aliphatic carbocycles. The van der Waals surface area contributed by atoms with E-state index in [-0.39, 0.29) is 11.9 Å². The Morgan fingerprint density at radius 3 is 2.36 bits per heavy atom. The molecule has 3 nitrogen and oxygen atoms in total. The molecule has 1 saturated heterocycles. The molecule has 1 unspecified atom stereocenters. The highest BCUT2D eigenvalue weighted by Gasteiger charge is 2.17. The zero-order chi connectivity index (χ0) is 15.5. The van der Waals surface area contributed by atoms with Gasteiger partial charge in [-0.15, -0.1) is 0 Å². The van der Waals surface area contributed by atoms with E-state index in [4.69, 9.17) is 4.74 Å². The number of rotatable bonds is 3. The minimum absolute atomic E-state index is 0.0816. The minimum Gasteiger partial charge on any atom is -0.371 e. The number of morpholine rings is 1. The molecule has 1 heterocycles. The number of ether oxygens (including phenoxy) is 1. The quantitative estimate of drug-likeness (QED) is 0.884. The lowest BCUT2D eigenvalue weighted by Gasteiger charge is -2.24. The monoisotopic (exact) mass is 295 g/mol. The van der Waals surface area contributed by atoms with Gasteiger partial charge < -0.3 is 10.1 Å². The molecule has 0 radical (unpaired) electrons. The second kappa shape index (κ2) is 6.42. The average Bonchev–Trinajstić information content (AvgIpc) is 2.55. The van der Waals surface area contributed by atoms with Crippen molar-refractivity contribution in [1.82, 2.24) is 5.32 Å². The highest BCUT2D eigenvalue weighted by atomic mass is 16.5. The standard InChI is InChI=1S/C19H21NO2/c1-13-4-3-5-14(2)18(13)19(21)16-8-6-15(7-9-16)17-12-20-10-11-22-17/h3-9,17,20H,10-12H2,1-2H3. The summed E-state index contributed by atoms with van der Waals surface area (Å²) < 4.78 is 5.74. The number of ketones is 1. The maximum Gasteiger partial charge on any atom is 0.193 e. The molecule has 0 bridgehead atoms. The Hall–Kier alpha value is -1.97. The van der Waals surface area contributed by atoms with Gasteiger partial charge in [0.25, 0.3) is 0 Å². The Labute approximate surface area is 131 Å². The van der Waals surface area contributed by atoms with Crippen molar-refractivity contribution < 1.29 is 9.53 Å². The predicted octanol–water partition coefficient (Wildman–Crippen LogP) is 3.20. The first-order chi connectivity index (χ1) is 10.7. The van der Waals surface area contributed by atoms with Crippen molar-refractivity contribution >= 4 is 5.78 Å². The number of aryl methyl sites for hydroxylation is 2. The normalized spacial score (nSPS) is 18.2. The van der Waals surface area contributed by atoms with E-state index in [9.17, 15) is 4.79 Å². The van der Waals surface area contributed by atoms with Crippen LogP contribution >= 0.6 is 0 Å². The smallest absolute Gasteiger partial charge is 0.193 e. The Kier molecular flexibility index (Phi) is 4.36. The Morgan fingerprint density at radius 1 is 1.09 bits per heavy atom. The summed E-state index contributed by atoms with van der Waals surface area (Å²) in [5.74, 6) is 0.0878. The van der Waals surface area contributed by atoms with Crippen LogP contribution in [0.1, 0.15) is 38.7 Å². The third-order valence-electron chi connectivity index (χ3n) is 4.18. The molecule has 22 heavy (non-hydrogen) atoms. The molecule has 0 amide bonds. The molecule has 0 aromatic heterocycles. The maximum atomic E-state index is 12.7. The number of benzene rings is 2. The first kappa shape index (κ1) is 14.9. The van der Waals surface area contributed by atoms with Crippen molar-refractivity contribution in [3.63, 3.8) is 0 Å². The fourth-order valence-electron chi connectivity index (χ4n) is 2.95. The van der Waals surface area contributed by atoms with E-state index in [2.05, 4.69) is 5.32 Å². The highest BCUT2D eigenvalue weighted by molar-refractivity contribution is 6.10. The summed E-state index contributed by atoms with van der Waals surface area (Å²) in [5.41, 5.74) is 4.70. The number of nitrogens with one attached hydrogen (secondary N) is 1. The van der Waals surface area contributed by atoms with Gasteiger partial charge in [0.2, 0.25) is 0 Å². The van der Waals surface area contributed by atoms with Gasteiger partial charge in [-0.2, -0.15) is 0 Å². The predicted molar refractivity (Wildman–Crippen MR) is 87.4 cm³/mol. The first-order valence-corrected chi connectivity index (χ1v) is 7.70. The van der Waals surface area contributed by atoms with E-state index >= 15 is 0 Å². The van der Waals surface area contributed by atoms with Crippen LogP contribution < -0.4 is 5.32 Å². The third-order valence-corrected chi connectivity index (χ3v) is 4.18. The summed E-state index contributed by atoms with van der Waals surface area (Å²) in [6, 6.07) is 13.8. The van der Waals surface area contributed by atoms with Crippen LogP contribution in [0.15, 0.2) is 42.5 Å². The molecule has 1 aliphatic rings. The number of carbonyl (C=O) groups is 1. The van der Waals surface area contributed by atoms with Crippen LogP contribution in [-0.2, 0) is 4.74 Å². The second-order valence-corrected chi connectivity index (χ2v) is 5.78. The van der Waals surface area contributed by atoms with E-state index < -0.39 is 0 Å². The van der Waals surface area contributed by atoms with Crippen LogP contribution in [0.3, 0.4) is 0 Å². The number of hydrogen-bond donors (Lipinski definition) is 1. The molecule has 2 aromatic rings. The fourth-order valence-corrected chi connectivity index (χ4v) is 2.95. The van der Waals surface area contributed by atoms with Gasteiger partial charge in [-0.05, 0) is 30.5 Å². The summed E-state index contributed by atoms with van der Waals surface area (Å²) in [6.45, 7) is 6.42. The largest absolute Gasteiger partial charge is 0.371 e. The fraction of sp³-hybridized carbons (Fsp3) is 0.316. The molecule has 0 spiro atoms. The highest BCUT2D eigenvalue weighted by Crippen LogP contribution is 2.22. The van der Waals surface area contributed by atoms with Crippen LogP contribution in [0.25, 0.3) is 0 Å². The van der Waals surface area contributed by atoms with Gasteiger partial charge in [0.15, 0.2) is 5.78 Å². The van der Waals surface area contributed by atoms with Crippen molar-refractivity contribution in [2.45, 2.75) is 20.0 Å². The molecule has 1 N–H and O–H groups in total. The van der Waals surface area contributed by atoms with Gasteiger partial charge in [-0.1, -0.05) is 42.5 Å². The summed E-state index contributed by atoms with van der Waals surface area (Å²) >= 11 is 0. The molecule has 114 valence electrons.